The van der Waals surface area contributed by atoms with Crippen molar-refractivity contribution in [2.24, 2.45) is 5.92 Å². The van der Waals surface area contributed by atoms with Gasteiger partial charge in [-0.15, -0.1) is 0 Å². The lowest BCUT2D eigenvalue weighted by molar-refractivity contribution is -0.137. The Labute approximate surface area is 187 Å². The Kier molecular flexibility index (Phi) is 11.7. The van der Waals surface area contributed by atoms with Crippen LogP contribution in [0.15, 0.2) is 12.2 Å². The smallest absolute Gasteiger partial charge is 0.253 e. The van der Waals surface area contributed by atoms with Crippen LogP contribution in [0, 0.1) is 5.92 Å². The van der Waals surface area contributed by atoms with Crippen LogP contribution in [0.5, 0.6) is 0 Å². The standard InChI is InChI=1S/C21H33N5O6/c1-14(2)11-22-17(28)12-24-21(32)15(3)25-18(29)13-23-16(27)7-5-4-6-10-26-19(30)8-9-20(26)31/h8-9,14-15H,4-7,10-13H2,1-3H3,(H,22,28)(H,23,27)(H,24,32)(H,25,29)/t15-/m0/s1. The number of unbranched alkanes of at least 4 members (excludes halogenated alkanes) is 2. The van der Waals surface area contributed by atoms with Crippen molar-refractivity contribution >= 4 is 35.4 Å². The van der Waals surface area contributed by atoms with E-state index in [1.807, 2.05) is 13.8 Å². The number of carbonyl (C=O) groups excluding carboxylic acids is 6. The molecule has 32 heavy (non-hydrogen) atoms. The second-order valence-corrected chi connectivity index (χ2v) is 7.95. The molecular weight excluding hydrogens is 418 g/mol. The summed E-state index contributed by atoms with van der Waals surface area (Å²) in [7, 11) is 0. The van der Waals surface area contributed by atoms with Crippen molar-refractivity contribution in [2.75, 3.05) is 26.2 Å². The first-order chi connectivity index (χ1) is 15.1. The highest BCUT2D eigenvalue weighted by Crippen LogP contribution is 2.07. The van der Waals surface area contributed by atoms with E-state index in [-0.39, 0.29) is 43.1 Å². The molecule has 0 saturated heterocycles. The molecule has 178 valence electrons. The summed E-state index contributed by atoms with van der Waals surface area (Å²) in [6.45, 7) is 5.76. The van der Waals surface area contributed by atoms with Gasteiger partial charge in [0, 0.05) is 31.7 Å². The molecule has 0 saturated carbocycles. The second kappa shape index (κ2) is 13.9. The molecule has 1 atom stereocenters. The maximum Gasteiger partial charge on any atom is 0.253 e. The lowest BCUT2D eigenvalue weighted by atomic mass is 10.2. The van der Waals surface area contributed by atoms with E-state index in [9.17, 15) is 28.8 Å². The van der Waals surface area contributed by atoms with Crippen molar-refractivity contribution in [1.29, 1.82) is 0 Å². The number of hydrogen-bond acceptors (Lipinski definition) is 6. The van der Waals surface area contributed by atoms with Crippen molar-refractivity contribution in [3.63, 3.8) is 0 Å². The zero-order valence-electron chi connectivity index (χ0n) is 18.9. The van der Waals surface area contributed by atoms with Gasteiger partial charge in [-0.2, -0.15) is 0 Å². The summed E-state index contributed by atoms with van der Waals surface area (Å²) in [5.74, 6) is -2.00. The van der Waals surface area contributed by atoms with E-state index in [2.05, 4.69) is 21.3 Å². The van der Waals surface area contributed by atoms with Gasteiger partial charge >= 0.3 is 0 Å². The molecule has 1 heterocycles. The van der Waals surface area contributed by atoms with Crippen LogP contribution in [0.3, 0.4) is 0 Å². The zero-order valence-corrected chi connectivity index (χ0v) is 18.9. The molecule has 0 aromatic rings. The average molecular weight is 452 g/mol. The number of hydrogen-bond donors (Lipinski definition) is 4. The number of nitrogens with zero attached hydrogens (tertiary/aromatic N) is 1. The van der Waals surface area contributed by atoms with Gasteiger partial charge in [0.05, 0.1) is 13.1 Å². The fourth-order valence-corrected chi connectivity index (χ4v) is 2.71. The molecule has 1 aliphatic heterocycles. The van der Waals surface area contributed by atoms with Crippen molar-refractivity contribution < 1.29 is 28.8 Å². The summed E-state index contributed by atoms with van der Waals surface area (Å²) >= 11 is 0. The SMILES string of the molecule is CC(C)CNC(=O)CNC(=O)[C@H](C)NC(=O)CNC(=O)CCCCCN1C(=O)C=CC1=O. The van der Waals surface area contributed by atoms with Crippen LogP contribution < -0.4 is 21.3 Å². The molecule has 0 bridgehead atoms. The van der Waals surface area contributed by atoms with Crippen LogP contribution in [0.1, 0.15) is 46.5 Å². The average Bonchev–Trinajstić information content (AvgIpc) is 3.06. The highest BCUT2D eigenvalue weighted by atomic mass is 16.2. The third kappa shape index (κ3) is 10.7. The minimum atomic E-state index is -0.859. The molecule has 0 spiro atoms. The van der Waals surface area contributed by atoms with Gasteiger partial charge in [0.1, 0.15) is 6.04 Å². The molecule has 0 aromatic carbocycles. The van der Waals surface area contributed by atoms with Crippen LogP contribution in [-0.2, 0) is 28.8 Å². The number of nitrogens with one attached hydrogen (secondary N) is 4. The molecule has 6 amide bonds. The molecule has 1 aliphatic rings. The third-order valence-corrected chi connectivity index (χ3v) is 4.53. The van der Waals surface area contributed by atoms with Gasteiger partial charge in [-0.3, -0.25) is 33.7 Å². The summed E-state index contributed by atoms with van der Waals surface area (Å²) in [6, 6.07) is -0.859. The van der Waals surface area contributed by atoms with Gasteiger partial charge in [-0.05, 0) is 25.7 Å². The summed E-state index contributed by atoms with van der Waals surface area (Å²) in [5.41, 5.74) is 0. The minimum Gasteiger partial charge on any atom is -0.354 e. The molecular formula is C21H33N5O6. The highest BCUT2D eigenvalue weighted by Gasteiger charge is 2.22. The Bertz CT molecular complexity index is 731. The van der Waals surface area contributed by atoms with Crippen LogP contribution in [0.25, 0.3) is 0 Å². The Morgan fingerprint density at radius 2 is 1.44 bits per heavy atom. The lowest BCUT2D eigenvalue weighted by Crippen LogP contribution is -2.49. The fraction of sp³-hybridized carbons (Fsp3) is 0.619. The largest absolute Gasteiger partial charge is 0.354 e. The number of amides is 6. The molecule has 0 unspecified atom stereocenters. The van der Waals surface area contributed by atoms with E-state index in [1.165, 1.54) is 19.1 Å². The van der Waals surface area contributed by atoms with Gasteiger partial charge in [0.25, 0.3) is 11.8 Å². The Morgan fingerprint density at radius 3 is 2.06 bits per heavy atom. The second-order valence-electron chi connectivity index (χ2n) is 7.95. The minimum absolute atomic E-state index is 0.181. The third-order valence-electron chi connectivity index (χ3n) is 4.53. The molecule has 11 heteroatoms. The normalized spacial score (nSPS) is 13.8. The highest BCUT2D eigenvalue weighted by molar-refractivity contribution is 6.12. The molecule has 1 rings (SSSR count). The first-order valence-corrected chi connectivity index (χ1v) is 10.7. The number of imide groups is 1. The summed E-state index contributed by atoms with van der Waals surface area (Å²) in [4.78, 5) is 71.3. The monoisotopic (exact) mass is 451 g/mol. The summed E-state index contributed by atoms with van der Waals surface area (Å²) < 4.78 is 0. The molecule has 0 fully saturated rings. The summed E-state index contributed by atoms with van der Waals surface area (Å²) in [6.07, 6.45) is 4.46. The van der Waals surface area contributed by atoms with Crippen molar-refractivity contribution in [3.8, 4) is 0 Å². The first-order valence-electron chi connectivity index (χ1n) is 10.7. The van der Waals surface area contributed by atoms with Crippen molar-refractivity contribution in [3.05, 3.63) is 12.2 Å². The molecule has 0 radical (unpaired) electrons. The fourth-order valence-electron chi connectivity index (χ4n) is 2.71. The quantitative estimate of drug-likeness (QED) is 0.196. The molecule has 0 aliphatic carbocycles. The van der Waals surface area contributed by atoms with E-state index in [0.29, 0.717) is 38.3 Å². The van der Waals surface area contributed by atoms with Crippen LogP contribution in [0.4, 0.5) is 0 Å². The van der Waals surface area contributed by atoms with Gasteiger partial charge in [0.15, 0.2) is 0 Å². The Hall–Kier alpha value is -3.24. The molecule has 4 N–H and O–H groups in total. The van der Waals surface area contributed by atoms with Crippen LogP contribution in [0.2, 0.25) is 0 Å². The van der Waals surface area contributed by atoms with Gasteiger partial charge < -0.3 is 21.3 Å². The van der Waals surface area contributed by atoms with E-state index in [1.54, 1.807) is 0 Å². The van der Waals surface area contributed by atoms with Crippen molar-refractivity contribution in [2.45, 2.75) is 52.5 Å². The van der Waals surface area contributed by atoms with E-state index >= 15 is 0 Å². The van der Waals surface area contributed by atoms with Crippen molar-refractivity contribution in [1.82, 2.24) is 26.2 Å². The zero-order chi connectivity index (χ0) is 24.1. The molecule has 11 nitrogen and oxygen atoms in total. The lowest BCUT2D eigenvalue weighted by Gasteiger charge is -2.15. The predicted molar refractivity (Wildman–Crippen MR) is 116 cm³/mol. The first kappa shape index (κ1) is 26.8. The van der Waals surface area contributed by atoms with Crippen LogP contribution in [-0.4, -0.2) is 72.6 Å². The maximum absolute atomic E-state index is 12.0. The Morgan fingerprint density at radius 1 is 0.812 bits per heavy atom. The Balaban J connectivity index is 2.12. The van der Waals surface area contributed by atoms with Gasteiger partial charge in [-0.1, -0.05) is 20.3 Å². The van der Waals surface area contributed by atoms with E-state index in [0.717, 1.165) is 4.90 Å². The topological polar surface area (TPSA) is 154 Å². The van der Waals surface area contributed by atoms with Gasteiger partial charge in [-0.25, -0.2) is 0 Å². The predicted octanol–water partition coefficient (Wildman–Crippen LogP) is -1.02. The maximum atomic E-state index is 12.0. The number of carbonyl (C=O) groups is 6. The van der Waals surface area contributed by atoms with Gasteiger partial charge in [0.2, 0.25) is 23.6 Å². The molecule has 0 aromatic heterocycles. The van der Waals surface area contributed by atoms with E-state index in [4.69, 9.17) is 0 Å². The summed E-state index contributed by atoms with van der Waals surface area (Å²) in [5, 5.41) is 10.0. The van der Waals surface area contributed by atoms with E-state index < -0.39 is 17.9 Å². The van der Waals surface area contributed by atoms with Crippen LogP contribution >= 0.6 is 0 Å². The number of rotatable bonds is 14.